The van der Waals surface area contributed by atoms with Crippen molar-refractivity contribution in [3.05, 3.63) is 170 Å². The second-order valence-electron chi connectivity index (χ2n) is 13.2. The number of fused-ring (bicyclic) bond motifs is 10. The first-order valence-corrected chi connectivity index (χ1v) is 18.7. The van der Waals surface area contributed by atoms with Crippen LogP contribution < -0.4 is 0 Å². The predicted octanol–water partition coefficient (Wildman–Crippen LogP) is 14.9. The minimum absolute atomic E-state index is 1.24. The molecule has 0 atom stereocenters. The Balaban J connectivity index is 1.23. The van der Waals surface area contributed by atoms with Crippen molar-refractivity contribution in [2.45, 2.75) is 0 Å². The van der Waals surface area contributed by atoms with E-state index in [1.165, 1.54) is 106 Å². The lowest BCUT2D eigenvalue weighted by Gasteiger charge is -2.18. The van der Waals surface area contributed by atoms with Crippen molar-refractivity contribution >= 4 is 95.3 Å². The summed E-state index contributed by atoms with van der Waals surface area (Å²) in [6.07, 6.45) is 0. The molecule has 2 aromatic heterocycles. The van der Waals surface area contributed by atoms with E-state index in [4.69, 9.17) is 0 Å². The summed E-state index contributed by atoms with van der Waals surface area (Å²) in [7, 11) is 0. The van der Waals surface area contributed by atoms with Crippen LogP contribution >= 0.6 is 22.7 Å². The van der Waals surface area contributed by atoms with Crippen LogP contribution in [0, 0.1) is 0 Å². The molecule has 9 aromatic carbocycles. The molecule has 0 fully saturated rings. The molecule has 0 aliphatic carbocycles. The molecule has 232 valence electrons. The number of hydrogen-bond acceptors (Lipinski definition) is 2. The van der Waals surface area contributed by atoms with Crippen LogP contribution in [0.1, 0.15) is 0 Å². The van der Waals surface area contributed by atoms with Crippen LogP contribution in [0.2, 0.25) is 0 Å². The average Bonchev–Trinajstić information content (AvgIpc) is 3.74. The average molecular weight is 669 g/mol. The second-order valence-corrected chi connectivity index (χ2v) is 15.3. The fourth-order valence-corrected chi connectivity index (χ4v) is 10.6. The lowest BCUT2D eigenvalue weighted by atomic mass is 9.85. The largest absolute Gasteiger partial charge is 0.135 e. The van der Waals surface area contributed by atoms with E-state index in [-0.39, 0.29) is 0 Å². The summed E-state index contributed by atoms with van der Waals surface area (Å²) in [6, 6.07) is 63.1. The Kier molecular flexibility index (Phi) is 6.09. The van der Waals surface area contributed by atoms with Crippen LogP contribution in [-0.2, 0) is 0 Å². The fraction of sp³-hybridized carbons (Fsp3) is 0. The Morgan fingerprint density at radius 3 is 1.44 bits per heavy atom. The molecule has 0 aliphatic rings. The summed E-state index contributed by atoms with van der Waals surface area (Å²) in [4.78, 5) is 0. The SMILES string of the molecule is c1ccc(-c2c3ccccc3c(-c3cccc(-c4cc5c6ccccc6sc5c5cc6sc7ccccc7c6cc45)c3)c3ccccc23)cc1. The van der Waals surface area contributed by atoms with Crippen LogP contribution in [0.25, 0.3) is 106 Å². The third kappa shape index (κ3) is 4.10. The highest BCUT2D eigenvalue weighted by Gasteiger charge is 2.19. The second kappa shape index (κ2) is 10.9. The molecule has 0 nitrogen and oxygen atoms in total. The fourth-order valence-electron chi connectivity index (χ4n) is 8.25. The van der Waals surface area contributed by atoms with Crippen LogP contribution in [0.15, 0.2) is 170 Å². The van der Waals surface area contributed by atoms with Crippen molar-refractivity contribution in [3.8, 4) is 33.4 Å². The van der Waals surface area contributed by atoms with Gasteiger partial charge in [0.1, 0.15) is 0 Å². The Morgan fingerprint density at radius 1 is 0.260 bits per heavy atom. The molecule has 0 saturated heterocycles. The van der Waals surface area contributed by atoms with Gasteiger partial charge >= 0.3 is 0 Å². The molecular formula is C48H28S2. The van der Waals surface area contributed by atoms with Gasteiger partial charge in [0.25, 0.3) is 0 Å². The highest BCUT2D eigenvalue weighted by molar-refractivity contribution is 7.27. The highest BCUT2D eigenvalue weighted by atomic mass is 32.1. The van der Waals surface area contributed by atoms with Gasteiger partial charge in [-0.3, -0.25) is 0 Å². The summed E-state index contributed by atoms with van der Waals surface area (Å²) < 4.78 is 5.39. The molecule has 2 heteroatoms. The molecule has 11 aromatic rings. The molecule has 0 spiro atoms. The van der Waals surface area contributed by atoms with Gasteiger partial charge in [0.2, 0.25) is 0 Å². The van der Waals surface area contributed by atoms with E-state index in [0.717, 1.165) is 0 Å². The van der Waals surface area contributed by atoms with Crippen molar-refractivity contribution in [3.63, 3.8) is 0 Å². The first kappa shape index (κ1) is 28.1. The Hall–Kier alpha value is -5.80. The molecular weight excluding hydrogens is 641 g/mol. The molecule has 0 amide bonds. The van der Waals surface area contributed by atoms with Gasteiger partial charge in [-0.25, -0.2) is 0 Å². The molecule has 0 bridgehead atoms. The Bertz CT molecular complexity index is 3080. The van der Waals surface area contributed by atoms with E-state index in [2.05, 4.69) is 170 Å². The highest BCUT2D eigenvalue weighted by Crippen LogP contribution is 2.48. The quantitative estimate of drug-likeness (QED) is 0.164. The Morgan fingerprint density at radius 2 is 0.760 bits per heavy atom. The van der Waals surface area contributed by atoms with Crippen LogP contribution in [-0.4, -0.2) is 0 Å². The van der Waals surface area contributed by atoms with Crippen LogP contribution in [0.4, 0.5) is 0 Å². The van der Waals surface area contributed by atoms with Gasteiger partial charge in [-0.1, -0.05) is 133 Å². The Labute approximate surface area is 297 Å². The molecule has 2 heterocycles. The van der Waals surface area contributed by atoms with Crippen LogP contribution in [0.5, 0.6) is 0 Å². The molecule has 11 rings (SSSR count). The van der Waals surface area contributed by atoms with Gasteiger partial charge in [0, 0.05) is 45.7 Å². The zero-order chi connectivity index (χ0) is 32.8. The smallest absolute Gasteiger partial charge is 0.0434 e. The molecule has 50 heavy (non-hydrogen) atoms. The van der Waals surface area contributed by atoms with E-state index in [0.29, 0.717) is 0 Å². The zero-order valence-corrected chi connectivity index (χ0v) is 28.6. The monoisotopic (exact) mass is 668 g/mol. The van der Waals surface area contributed by atoms with Crippen LogP contribution in [0.3, 0.4) is 0 Å². The first-order valence-electron chi connectivity index (χ1n) is 17.1. The van der Waals surface area contributed by atoms with Crippen molar-refractivity contribution in [1.82, 2.24) is 0 Å². The lowest BCUT2D eigenvalue weighted by Crippen LogP contribution is -1.91. The van der Waals surface area contributed by atoms with Gasteiger partial charge in [-0.15, -0.1) is 22.7 Å². The van der Waals surface area contributed by atoms with Gasteiger partial charge in [0.05, 0.1) is 0 Å². The summed E-state index contributed by atoms with van der Waals surface area (Å²) >= 11 is 3.82. The maximum absolute atomic E-state index is 2.47. The summed E-state index contributed by atoms with van der Waals surface area (Å²) in [5, 5.41) is 13.1. The zero-order valence-electron chi connectivity index (χ0n) is 27.0. The maximum atomic E-state index is 2.47. The van der Waals surface area contributed by atoms with Gasteiger partial charge in [-0.2, -0.15) is 0 Å². The van der Waals surface area contributed by atoms with Crippen molar-refractivity contribution in [1.29, 1.82) is 0 Å². The minimum atomic E-state index is 1.24. The topological polar surface area (TPSA) is 0 Å². The van der Waals surface area contributed by atoms with Gasteiger partial charge in [-0.05, 0) is 96.7 Å². The van der Waals surface area contributed by atoms with Gasteiger partial charge in [0.15, 0.2) is 0 Å². The van der Waals surface area contributed by atoms with E-state index in [1.54, 1.807) is 0 Å². The molecule has 0 N–H and O–H groups in total. The lowest BCUT2D eigenvalue weighted by molar-refractivity contribution is 1.64. The van der Waals surface area contributed by atoms with Crippen molar-refractivity contribution in [2.75, 3.05) is 0 Å². The van der Waals surface area contributed by atoms with E-state index in [9.17, 15) is 0 Å². The molecule has 0 aliphatic heterocycles. The summed E-state index contributed by atoms with van der Waals surface area (Å²) in [5.74, 6) is 0. The van der Waals surface area contributed by atoms with Gasteiger partial charge < -0.3 is 0 Å². The van der Waals surface area contributed by atoms with E-state index < -0.39 is 0 Å². The third-order valence-electron chi connectivity index (χ3n) is 10.4. The summed E-state index contributed by atoms with van der Waals surface area (Å²) in [5.41, 5.74) is 7.59. The third-order valence-corrected chi connectivity index (χ3v) is 12.8. The number of rotatable bonds is 3. The van der Waals surface area contributed by atoms with E-state index >= 15 is 0 Å². The predicted molar refractivity (Wildman–Crippen MR) is 221 cm³/mol. The molecule has 0 saturated carbocycles. The molecule has 0 radical (unpaired) electrons. The first-order chi connectivity index (χ1) is 24.8. The maximum Gasteiger partial charge on any atom is 0.0434 e. The summed E-state index contributed by atoms with van der Waals surface area (Å²) in [6.45, 7) is 0. The normalized spacial score (nSPS) is 12.0. The number of thiophene rings is 2. The number of hydrogen-bond donors (Lipinski definition) is 0. The minimum Gasteiger partial charge on any atom is -0.135 e. The van der Waals surface area contributed by atoms with Crippen molar-refractivity contribution in [2.24, 2.45) is 0 Å². The standard InChI is InChI=1S/C48H28S2/c1-2-13-29(14-3-1)46-34-19-4-6-21-36(34)47(37-22-7-5-20-35(37)46)31-16-12-15-30(25-31)38-26-41-33-18-9-11-24-44(33)50-48(41)42-28-45-40(27-39(38)42)32-17-8-10-23-43(32)49-45/h1-28H. The number of benzene rings is 9. The molecule has 0 unspecified atom stereocenters. The van der Waals surface area contributed by atoms with Crippen molar-refractivity contribution < 1.29 is 0 Å². The van der Waals surface area contributed by atoms with E-state index in [1.807, 2.05) is 22.7 Å².